The van der Waals surface area contributed by atoms with Gasteiger partial charge >= 0.3 is 5.97 Å². The maximum atomic E-state index is 12.0. The van der Waals surface area contributed by atoms with Crippen LogP contribution in [0.2, 0.25) is 0 Å². The summed E-state index contributed by atoms with van der Waals surface area (Å²) in [5.74, 6) is -0.721. The number of nitrogens with one attached hydrogen (secondary N) is 1. The Kier molecular flexibility index (Phi) is 5.17. The van der Waals surface area contributed by atoms with Crippen LogP contribution in [-0.2, 0) is 19.6 Å². The molecule has 0 aliphatic heterocycles. The lowest BCUT2D eigenvalue weighted by molar-refractivity contribution is -0.385. The molecule has 20 heavy (non-hydrogen) atoms. The first-order valence-corrected chi connectivity index (χ1v) is 7.19. The lowest BCUT2D eigenvalue weighted by Crippen LogP contribution is -2.39. The third-order valence-electron chi connectivity index (χ3n) is 2.31. The summed E-state index contributed by atoms with van der Waals surface area (Å²) in [4.78, 5) is 21.0. The lowest BCUT2D eigenvalue weighted by atomic mass is 10.3. The summed E-state index contributed by atoms with van der Waals surface area (Å²) >= 11 is 0. The van der Waals surface area contributed by atoms with E-state index in [0.717, 1.165) is 6.07 Å². The number of nitro groups is 1. The summed E-state index contributed by atoms with van der Waals surface area (Å²) in [5, 5.41) is 10.6. The molecule has 1 atom stereocenters. The second kappa shape index (κ2) is 6.44. The summed E-state index contributed by atoms with van der Waals surface area (Å²) in [5.41, 5.74) is -0.350. The highest BCUT2D eigenvalue weighted by atomic mass is 32.2. The Morgan fingerprint density at radius 2 is 2.15 bits per heavy atom. The Labute approximate surface area is 115 Å². The smallest absolute Gasteiger partial charge is 0.323 e. The van der Waals surface area contributed by atoms with Crippen LogP contribution >= 0.6 is 0 Å². The van der Waals surface area contributed by atoms with E-state index in [-0.39, 0.29) is 17.2 Å². The second-order valence-electron chi connectivity index (χ2n) is 3.85. The van der Waals surface area contributed by atoms with Crippen molar-refractivity contribution in [2.45, 2.75) is 24.8 Å². The summed E-state index contributed by atoms with van der Waals surface area (Å²) in [6.45, 7) is 3.05. The Balaban J connectivity index is 2.97. The van der Waals surface area contributed by atoms with Crippen molar-refractivity contribution in [1.29, 1.82) is 0 Å². The molecule has 0 fully saturated rings. The van der Waals surface area contributed by atoms with Gasteiger partial charge in [-0.05, 0) is 19.9 Å². The van der Waals surface area contributed by atoms with Crippen LogP contribution < -0.4 is 4.72 Å². The third kappa shape index (κ3) is 4.00. The molecule has 0 aliphatic carbocycles. The van der Waals surface area contributed by atoms with Crippen LogP contribution in [0.4, 0.5) is 5.69 Å². The minimum Gasteiger partial charge on any atom is -0.465 e. The van der Waals surface area contributed by atoms with Crippen LogP contribution in [0, 0.1) is 10.1 Å². The summed E-state index contributed by atoms with van der Waals surface area (Å²) in [6.07, 6.45) is 0. The molecular formula is C11H14N2O6S. The topological polar surface area (TPSA) is 116 Å². The van der Waals surface area contributed by atoms with E-state index in [1.807, 2.05) is 0 Å². The monoisotopic (exact) mass is 302 g/mol. The SMILES string of the molecule is CCOC(=O)C(C)NS(=O)(=O)c1cccc([N+](=O)[O-])c1. The molecule has 9 heteroatoms. The predicted octanol–water partition coefficient (Wildman–Crippen LogP) is 0.825. The first-order chi connectivity index (χ1) is 9.27. The third-order valence-corrected chi connectivity index (χ3v) is 3.85. The summed E-state index contributed by atoms with van der Waals surface area (Å²) in [6, 6.07) is 3.46. The highest BCUT2D eigenvalue weighted by molar-refractivity contribution is 7.89. The zero-order valence-electron chi connectivity index (χ0n) is 10.9. The van der Waals surface area contributed by atoms with Crippen molar-refractivity contribution < 1.29 is 22.9 Å². The van der Waals surface area contributed by atoms with E-state index in [1.54, 1.807) is 6.92 Å². The standard InChI is InChI=1S/C11H14N2O6S/c1-3-19-11(14)8(2)12-20(17,18)10-6-4-5-9(7-10)13(15)16/h4-8,12H,3H2,1-2H3. The van der Waals surface area contributed by atoms with Crippen LogP contribution in [0.1, 0.15) is 13.8 Å². The maximum absolute atomic E-state index is 12.0. The Morgan fingerprint density at radius 1 is 1.50 bits per heavy atom. The quantitative estimate of drug-likeness (QED) is 0.472. The molecule has 1 rings (SSSR count). The average molecular weight is 302 g/mol. The number of carbonyl (C=O) groups is 1. The second-order valence-corrected chi connectivity index (χ2v) is 5.56. The lowest BCUT2D eigenvalue weighted by Gasteiger charge is -2.12. The fourth-order valence-electron chi connectivity index (χ4n) is 1.38. The number of ether oxygens (including phenoxy) is 1. The summed E-state index contributed by atoms with van der Waals surface area (Å²) < 4.78 is 30.7. The molecule has 0 heterocycles. The zero-order chi connectivity index (χ0) is 15.3. The highest BCUT2D eigenvalue weighted by Crippen LogP contribution is 2.17. The molecule has 1 aromatic rings. The molecule has 1 unspecified atom stereocenters. The number of carbonyl (C=O) groups excluding carboxylic acids is 1. The van der Waals surface area contributed by atoms with Gasteiger partial charge in [-0.1, -0.05) is 6.07 Å². The van der Waals surface area contributed by atoms with Gasteiger partial charge in [-0.25, -0.2) is 8.42 Å². The molecule has 0 saturated heterocycles. The van der Waals surface area contributed by atoms with Gasteiger partial charge in [0.05, 0.1) is 16.4 Å². The van der Waals surface area contributed by atoms with Gasteiger partial charge in [-0.3, -0.25) is 14.9 Å². The number of nitrogens with zero attached hydrogens (tertiary/aromatic N) is 1. The number of nitro benzene ring substituents is 1. The number of esters is 1. The molecule has 1 aromatic carbocycles. The molecule has 0 amide bonds. The minimum atomic E-state index is -4.03. The largest absolute Gasteiger partial charge is 0.465 e. The van der Waals surface area contributed by atoms with Crippen molar-refractivity contribution in [3.8, 4) is 0 Å². The van der Waals surface area contributed by atoms with Crippen molar-refractivity contribution in [2.24, 2.45) is 0 Å². The maximum Gasteiger partial charge on any atom is 0.323 e. The zero-order valence-corrected chi connectivity index (χ0v) is 11.7. The van der Waals surface area contributed by atoms with Gasteiger partial charge in [0.25, 0.3) is 5.69 Å². The van der Waals surface area contributed by atoms with Crippen molar-refractivity contribution in [2.75, 3.05) is 6.61 Å². The first-order valence-electron chi connectivity index (χ1n) is 5.71. The Hall–Kier alpha value is -2.00. The van der Waals surface area contributed by atoms with Crippen LogP contribution in [0.25, 0.3) is 0 Å². The molecule has 0 aliphatic rings. The van der Waals surface area contributed by atoms with Crippen LogP contribution in [0.5, 0.6) is 0 Å². The first kappa shape index (κ1) is 16.1. The molecule has 0 bridgehead atoms. The molecular weight excluding hydrogens is 288 g/mol. The van der Waals surface area contributed by atoms with E-state index in [1.165, 1.54) is 25.1 Å². The van der Waals surface area contributed by atoms with E-state index >= 15 is 0 Å². The number of hydrogen-bond donors (Lipinski definition) is 1. The van der Waals surface area contributed by atoms with Gasteiger partial charge in [0.15, 0.2) is 0 Å². The number of hydrogen-bond acceptors (Lipinski definition) is 6. The Morgan fingerprint density at radius 3 is 2.70 bits per heavy atom. The van der Waals surface area contributed by atoms with Gasteiger partial charge < -0.3 is 4.74 Å². The molecule has 8 nitrogen and oxygen atoms in total. The highest BCUT2D eigenvalue weighted by Gasteiger charge is 2.24. The van der Waals surface area contributed by atoms with Gasteiger partial charge in [-0.2, -0.15) is 4.72 Å². The fourth-order valence-corrected chi connectivity index (χ4v) is 2.61. The predicted molar refractivity (Wildman–Crippen MR) is 69.5 cm³/mol. The van der Waals surface area contributed by atoms with Crippen molar-refractivity contribution in [1.82, 2.24) is 4.72 Å². The molecule has 0 radical (unpaired) electrons. The van der Waals surface area contributed by atoms with Crippen molar-refractivity contribution in [3.05, 3.63) is 34.4 Å². The molecule has 0 saturated carbocycles. The van der Waals surface area contributed by atoms with Crippen molar-refractivity contribution >= 4 is 21.7 Å². The summed E-state index contributed by atoms with van der Waals surface area (Å²) in [7, 11) is -4.03. The van der Waals surface area contributed by atoms with Crippen LogP contribution in [0.15, 0.2) is 29.2 Å². The molecule has 0 aromatic heterocycles. The van der Waals surface area contributed by atoms with E-state index in [9.17, 15) is 23.3 Å². The minimum absolute atomic E-state index is 0.127. The van der Waals surface area contributed by atoms with Gasteiger partial charge in [-0.15, -0.1) is 0 Å². The number of benzene rings is 1. The van der Waals surface area contributed by atoms with Crippen molar-refractivity contribution in [3.63, 3.8) is 0 Å². The number of non-ortho nitro benzene ring substituents is 1. The molecule has 0 spiro atoms. The van der Waals surface area contributed by atoms with E-state index in [4.69, 9.17) is 0 Å². The fraction of sp³-hybridized carbons (Fsp3) is 0.364. The van der Waals surface area contributed by atoms with Gasteiger partial charge in [0.2, 0.25) is 10.0 Å². The van der Waals surface area contributed by atoms with E-state index in [0.29, 0.717) is 0 Å². The van der Waals surface area contributed by atoms with Crippen LogP contribution in [-0.4, -0.2) is 32.0 Å². The normalized spacial score (nSPS) is 12.7. The number of sulfonamides is 1. The Bertz CT molecular complexity index is 613. The van der Waals surface area contributed by atoms with E-state index in [2.05, 4.69) is 9.46 Å². The van der Waals surface area contributed by atoms with E-state index < -0.39 is 27.0 Å². The van der Waals surface area contributed by atoms with Gasteiger partial charge in [0.1, 0.15) is 6.04 Å². The molecule has 110 valence electrons. The average Bonchev–Trinajstić information content (AvgIpc) is 2.38. The van der Waals surface area contributed by atoms with Gasteiger partial charge in [0, 0.05) is 12.1 Å². The number of rotatable bonds is 6. The van der Waals surface area contributed by atoms with Crippen LogP contribution in [0.3, 0.4) is 0 Å². The molecule has 1 N–H and O–H groups in total.